The molecule has 0 amide bonds. The Morgan fingerprint density at radius 3 is 1.74 bits per heavy atom. The molecule has 0 saturated heterocycles. The number of rotatable bonds is 9. The number of hydrogen-bond acceptors (Lipinski definition) is 2. The quantitative estimate of drug-likeness (QED) is 0.693. The van der Waals surface area contributed by atoms with E-state index in [1.54, 1.807) is 0 Å². The molecular weight excluding hydrogens is 280 g/mol. The number of nitrogens with one attached hydrogen (secondary N) is 1. The van der Waals surface area contributed by atoms with Crippen molar-refractivity contribution in [3.05, 3.63) is 59.7 Å². The summed E-state index contributed by atoms with van der Waals surface area (Å²) in [5, 5.41) is 3.53. The molecule has 0 aromatic heterocycles. The van der Waals surface area contributed by atoms with Crippen molar-refractivity contribution in [2.75, 3.05) is 26.2 Å². The van der Waals surface area contributed by atoms with Gasteiger partial charge in [0.2, 0.25) is 0 Å². The van der Waals surface area contributed by atoms with Crippen LogP contribution in [0.4, 0.5) is 0 Å². The summed E-state index contributed by atoms with van der Waals surface area (Å²) >= 11 is 0. The minimum Gasteiger partial charge on any atom is -0.311 e. The van der Waals surface area contributed by atoms with E-state index < -0.39 is 0 Å². The molecule has 124 valence electrons. The SMILES string of the molecule is CCc1ccc(-c2ccc(CNCCN(CC)CC)cc2)cc1. The minimum absolute atomic E-state index is 0.941. The fourth-order valence-electron chi connectivity index (χ4n) is 2.76. The van der Waals surface area contributed by atoms with E-state index in [-0.39, 0.29) is 0 Å². The Bertz CT molecular complexity index is 553. The van der Waals surface area contributed by atoms with Crippen LogP contribution in [-0.2, 0) is 13.0 Å². The number of aryl methyl sites for hydroxylation is 1. The highest BCUT2D eigenvalue weighted by molar-refractivity contribution is 5.63. The smallest absolute Gasteiger partial charge is 0.0206 e. The molecule has 0 saturated carbocycles. The lowest BCUT2D eigenvalue weighted by atomic mass is 10.0. The van der Waals surface area contributed by atoms with Gasteiger partial charge in [-0.2, -0.15) is 0 Å². The van der Waals surface area contributed by atoms with Crippen molar-refractivity contribution in [2.45, 2.75) is 33.7 Å². The van der Waals surface area contributed by atoms with Gasteiger partial charge in [0.1, 0.15) is 0 Å². The molecule has 0 aliphatic carbocycles. The van der Waals surface area contributed by atoms with Crippen LogP contribution in [-0.4, -0.2) is 31.1 Å². The van der Waals surface area contributed by atoms with Crippen molar-refractivity contribution in [3.63, 3.8) is 0 Å². The lowest BCUT2D eigenvalue weighted by Crippen LogP contribution is -2.31. The van der Waals surface area contributed by atoms with Gasteiger partial charge in [-0.1, -0.05) is 69.3 Å². The zero-order valence-electron chi connectivity index (χ0n) is 14.8. The van der Waals surface area contributed by atoms with Gasteiger partial charge in [0.05, 0.1) is 0 Å². The second-order valence-corrected chi connectivity index (χ2v) is 5.95. The van der Waals surface area contributed by atoms with Crippen LogP contribution in [0.3, 0.4) is 0 Å². The Labute approximate surface area is 141 Å². The molecule has 0 fully saturated rings. The van der Waals surface area contributed by atoms with Crippen molar-refractivity contribution in [1.29, 1.82) is 0 Å². The molecule has 0 heterocycles. The average Bonchev–Trinajstić information content (AvgIpc) is 2.62. The minimum atomic E-state index is 0.941. The zero-order chi connectivity index (χ0) is 16.5. The van der Waals surface area contributed by atoms with E-state index in [9.17, 15) is 0 Å². The first-order valence-corrected chi connectivity index (χ1v) is 8.88. The summed E-state index contributed by atoms with van der Waals surface area (Å²) in [5.41, 5.74) is 5.32. The Kier molecular flexibility index (Phi) is 7.31. The summed E-state index contributed by atoms with van der Waals surface area (Å²) < 4.78 is 0. The maximum absolute atomic E-state index is 3.53. The van der Waals surface area contributed by atoms with Crippen molar-refractivity contribution in [1.82, 2.24) is 10.2 Å². The number of nitrogens with zero attached hydrogens (tertiary/aromatic N) is 1. The maximum atomic E-state index is 3.53. The standard InChI is InChI=1S/C21H30N2/c1-4-18-7-11-20(12-8-18)21-13-9-19(10-14-21)17-22-15-16-23(5-2)6-3/h7-14,22H,4-6,15-17H2,1-3H3. The van der Waals surface area contributed by atoms with E-state index in [4.69, 9.17) is 0 Å². The van der Waals surface area contributed by atoms with Crippen LogP contribution in [0.15, 0.2) is 48.5 Å². The molecule has 0 radical (unpaired) electrons. The molecule has 2 heteroatoms. The van der Waals surface area contributed by atoms with Gasteiger partial charge in [-0.3, -0.25) is 0 Å². The highest BCUT2D eigenvalue weighted by Crippen LogP contribution is 2.20. The van der Waals surface area contributed by atoms with Crippen LogP contribution in [0, 0.1) is 0 Å². The predicted octanol–water partition coefficient (Wildman–Crippen LogP) is 4.35. The number of hydrogen-bond donors (Lipinski definition) is 1. The van der Waals surface area contributed by atoms with Crippen molar-refractivity contribution >= 4 is 0 Å². The van der Waals surface area contributed by atoms with E-state index in [2.05, 4.69) is 79.5 Å². The lowest BCUT2D eigenvalue weighted by Gasteiger charge is -2.18. The van der Waals surface area contributed by atoms with E-state index >= 15 is 0 Å². The van der Waals surface area contributed by atoms with E-state index in [1.165, 1.54) is 22.3 Å². The van der Waals surface area contributed by atoms with E-state index in [0.29, 0.717) is 0 Å². The summed E-state index contributed by atoms with van der Waals surface area (Å²) in [6, 6.07) is 17.8. The molecule has 0 aliphatic heterocycles. The van der Waals surface area contributed by atoms with E-state index in [0.717, 1.165) is 39.1 Å². The molecule has 0 aliphatic rings. The average molecular weight is 310 g/mol. The molecule has 0 bridgehead atoms. The van der Waals surface area contributed by atoms with Gasteiger partial charge < -0.3 is 10.2 Å². The third-order valence-electron chi connectivity index (χ3n) is 4.48. The Balaban J connectivity index is 1.84. The Morgan fingerprint density at radius 1 is 0.739 bits per heavy atom. The molecule has 0 atom stereocenters. The molecule has 0 unspecified atom stereocenters. The molecule has 2 rings (SSSR count). The number of benzene rings is 2. The summed E-state index contributed by atoms with van der Waals surface area (Å²) in [5.74, 6) is 0. The second kappa shape index (κ2) is 9.49. The lowest BCUT2D eigenvalue weighted by molar-refractivity contribution is 0.302. The van der Waals surface area contributed by atoms with Crippen molar-refractivity contribution in [3.8, 4) is 11.1 Å². The molecule has 23 heavy (non-hydrogen) atoms. The van der Waals surface area contributed by atoms with Gasteiger partial charge in [0.15, 0.2) is 0 Å². The van der Waals surface area contributed by atoms with Crippen LogP contribution in [0.1, 0.15) is 31.9 Å². The van der Waals surface area contributed by atoms with Crippen LogP contribution < -0.4 is 5.32 Å². The van der Waals surface area contributed by atoms with Gasteiger partial charge in [0, 0.05) is 19.6 Å². The monoisotopic (exact) mass is 310 g/mol. The highest BCUT2D eigenvalue weighted by atomic mass is 15.1. The highest BCUT2D eigenvalue weighted by Gasteiger charge is 2.00. The predicted molar refractivity (Wildman–Crippen MR) is 101 cm³/mol. The molecular formula is C21H30N2. The van der Waals surface area contributed by atoms with Gasteiger partial charge >= 0.3 is 0 Å². The van der Waals surface area contributed by atoms with Gasteiger partial charge in [0.25, 0.3) is 0 Å². The summed E-state index contributed by atoms with van der Waals surface area (Å²) in [4.78, 5) is 2.44. The normalized spacial score (nSPS) is 11.1. The maximum Gasteiger partial charge on any atom is 0.0206 e. The molecule has 0 spiro atoms. The number of likely N-dealkylation sites (N-methyl/N-ethyl adjacent to an activating group) is 1. The topological polar surface area (TPSA) is 15.3 Å². The first-order chi connectivity index (χ1) is 11.3. The molecule has 2 nitrogen and oxygen atoms in total. The second-order valence-electron chi connectivity index (χ2n) is 5.95. The van der Waals surface area contributed by atoms with Crippen LogP contribution in [0.5, 0.6) is 0 Å². The van der Waals surface area contributed by atoms with Crippen molar-refractivity contribution in [2.24, 2.45) is 0 Å². The van der Waals surface area contributed by atoms with Gasteiger partial charge in [-0.05, 0) is 41.8 Å². The summed E-state index contributed by atoms with van der Waals surface area (Å²) in [6.07, 6.45) is 1.10. The third kappa shape index (κ3) is 5.49. The van der Waals surface area contributed by atoms with Crippen molar-refractivity contribution < 1.29 is 0 Å². The molecule has 2 aromatic rings. The van der Waals surface area contributed by atoms with Crippen LogP contribution >= 0.6 is 0 Å². The first-order valence-electron chi connectivity index (χ1n) is 8.88. The van der Waals surface area contributed by atoms with E-state index in [1.807, 2.05) is 0 Å². The third-order valence-corrected chi connectivity index (χ3v) is 4.48. The van der Waals surface area contributed by atoms with Crippen LogP contribution in [0.2, 0.25) is 0 Å². The summed E-state index contributed by atoms with van der Waals surface area (Å²) in [7, 11) is 0. The largest absolute Gasteiger partial charge is 0.311 e. The molecule has 1 N–H and O–H groups in total. The fraction of sp³-hybridized carbons (Fsp3) is 0.429. The van der Waals surface area contributed by atoms with Gasteiger partial charge in [-0.25, -0.2) is 0 Å². The fourth-order valence-corrected chi connectivity index (χ4v) is 2.76. The van der Waals surface area contributed by atoms with Crippen LogP contribution in [0.25, 0.3) is 11.1 Å². The molecule has 2 aromatic carbocycles. The first kappa shape index (κ1) is 17.7. The Morgan fingerprint density at radius 2 is 1.26 bits per heavy atom. The summed E-state index contributed by atoms with van der Waals surface area (Å²) in [6.45, 7) is 12.0. The zero-order valence-corrected chi connectivity index (χ0v) is 14.8. The van der Waals surface area contributed by atoms with Gasteiger partial charge in [-0.15, -0.1) is 0 Å². The Hall–Kier alpha value is -1.64.